The monoisotopic (exact) mass is 465 g/mol. The van der Waals surface area contributed by atoms with Crippen LogP contribution >= 0.6 is 0 Å². The highest BCUT2D eigenvalue weighted by molar-refractivity contribution is 6.35. The molecule has 9 heteroatoms. The second kappa shape index (κ2) is 10.3. The lowest BCUT2D eigenvalue weighted by molar-refractivity contribution is -0.123. The lowest BCUT2D eigenvalue weighted by atomic mass is 10.1. The van der Waals surface area contributed by atoms with Crippen LogP contribution in [-0.2, 0) is 9.53 Å². The fraction of sp³-hybridized carbons (Fsp3) is 0.320. The SMILES string of the molecule is Cc1ccc(C)c(N2C(=O)c3ccc(C(=O)OCC(=O)NC(=O)NCCC(C)C)cc3C2=O)c1. The van der Waals surface area contributed by atoms with Crippen molar-refractivity contribution in [3.8, 4) is 0 Å². The summed E-state index contributed by atoms with van der Waals surface area (Å²) in [4.78, 5) is 62.9. The Morgan fingerprint density at radius 1 is 0.971 bits per heavy atom. The standard InChI is InChI=1S/C25H27N3O6/c1-14(2)9-10-26-25(33)27-21(29)13-34-24(32)17-7-8-18-19(12-17)23(31)28(22(18)30)20-11-15(3)5-6-16(20)4/h5-8,11-12,14H,9-10,13H2,1-4H3,(H2,26,27,29,33). The van der Waals surface area contributed by atoms with Crippen LogP contribution in [0.25, 0.3) is 0 Å². The minimum absolute atomic E-state index is 0.0110. The number of hydrogen-bond acceptors (Lipinski definition) is 6. The van der Waals surface area contributed by atoms with Gasteiger partial charge in [-0.2, -0.15) is 0 Å². The van der Waals surface area contributed by atoms with E-state index in [-0.39, 0.29) is 16.7 Å². The number of anilines is 1. The number of carbonyl (C=O) groups is 5. The molecular formula is C25H27N3O6. The van der Waals surface area contributed by atoms with Gasteiger partial charge in [-0.25, -0.2) is 14.5 Å². The largest absolute Gasteiger partial charge is 0.452 e. The molecule has 0 bridgehead atoms. The molecule has 0 saturated carbocycles. The summed E-state index contributed by atoms with van der Waals surface area (Å²) in [6.45, 7) is 7.42. The fourth-order valence-electron chi connectivity index (χ4n) is 3.44. The van der Waals surface area contributed by atoms with Crippen LogP contribution in [0.3, 0.4) is 0 Å². The van der Waals surface area contributed by atoms with Crippen molar-refractivity contribution < 1.29 is 28.7 Å². The van der Waals surface area contributed by atoms with E-state index in [9.17, 15) is 24.0 Å². The van der Waals surface area contributed by atoms with Gasteiger partial charge in [0.15, 0.2) is 6.61 Å². The van der Waals surface area contributed by atoms with Crippen molar-refractivity contribution in [2.75, 3.05) is 18.1 Å². The number of imide groups is 2. The summed E-state index contributed by atoms with van der Waals surface area (Å²) in [5.41, 5.74) is 2.41. The molecule has 0 saturated heterocycles. The van der Waals surface area contributed by atoms with E-state index in [2.05, 4.69) is 10.6 Å². The summed E-state index contributed by atoms with van der Waals surface area (Å²) in [7, 11) is 0. The molecule has 0 spiro atoms. The highest BCUT2D eigenvalue weighted by Crippen LogP contribution is 2.31. The molecule has 34 heavy (non-hydrogen) atoms. The first-order chi connectivity index (χ1) is 16.1. The van der Waals surface area contributed by atoms with Crippen LogP contribution < -0.4 is 15.5 Å². The zero-order valence-corrected chi connectivity index (χ0v) is 19.6. The molecule has 0 radical (unpaired) electrons. The number of fused-ring (bicyclic) bond motifs is 1. The average Bonchev–Trinajstić information content (AvgIpc) is 3.03. The number of urea groups is 1. The third kappa shape index (κ3) is 5.48. The first-order valence-electron chi connectivity index (χ1n) is 10.9. The summed E-state index contributed by atoms with van der Waals surface area (Å²) < 4.78 is 4.96. The summed E-state index contributed by atoms with van der Waals surface area (Å²) in [5, 5.41) is 4.62. The summed E-state index contributed by atoms with van der Waals surface area (Å²) in [6.07, 6.45) is 0.761. The molecule has 2 N–H and O–H groups in total. The Hall–Kier alpha value is -4.01. The topological polar surface area (TPSA) is 122 Å². The first kappa shape index (κ1) is 24.6. The van der Waals surface area contributed by atoms with Crippen molar-refractivity contribution >= 4 is 35.4 Å². The summed E-state index contributed by atoms with van der Waals surface area (Å²) in [5.74, 6) is -2.26. The highest BCUT2D eigenvalue weighted by atomic mass is 16.5. The van der Waals surface area contributed by atoms with Crippen LogP contribution in [0.5, 0.6) is 0 Å². The van der Waals surface area contributed by atoms with E-state index < -0.39 is 36.3 Å². The molecular weight excluding hydrogens is 438 g/mol. The van der Waals surface area contributed by atoms with Gasteiger partial charge in [-0.15, -0.1) is 0 Å². The minimum atomic E-state index is -0.858. The van der Waals surface area contributed by atoms with Gasteiger partial charge in [0, 0.05) is 6.54 Å². The first-order valence-corrected chi connectivity index (χ1v) is 10.9. The van der Waals surface area contributed by atoms with Crippen LogP contribution in [0.15, 0.2) is 36.4 Å². The molecule has 2 aromatic rings. The van der Waals surface area contributed by atoms with Crippen LogP contribution in [0, 0.1) is 19.8 Å². The van der Waals surface area contributed by atoms with E-state index in [0.717, 1.165) is 22.4 Å². The predicted molar refractivity (Wildman–Crippen MR) is 125 cm³/mol. The second-order valence-corrected chi connectivity index (χ2v) is 8.56. The van der Waals surface area contributed by atoms with Crippen LogP contribution in [0.1, 0.15) is 62.5 Å². The molecule has 0 unspecified atom stereocenters. The number of hydrogen-bond donors (Lipinski definition) is 2. The Kier molecular flexibility index (Phi) is 7.45. The molecule has 1 heterocycles. The van der Waals surface area contributed by atoms with Crippen molar-refractivity contribution in [3.63, 3.8) is 0 Å². The van der Waals surface area contributed by atoms with Crippen molar-refractivity contribution in [2.24, 2.45) is 5.92 Å². The maximum Gasteiger partial charge on any atom is 0.338 e. The molecule has 2 aromatic carbocycles. The maximum atomic E-state index is 13.0. The van der Waals surface area contributed by atoms with Crippen LogP contribution in [0.4, 0.5) is 10.5 Å². The van der Waals surface area contributed by atoms with Crippen molar-refractivity contribution in [1.82, 2.24) is 10.6 Å². The van der Waals surface area contributed by atoms with Gasteiger partial charge in [0.05, 0.1) is 22.4 Å². The fourth-order valence-corrected chi connectivity index (χ4v) is 3.44. The molecule has 9 nitrogen and oxygen atoms in total. The quantitative estimate of drug-likeness (QED) is 0.479. The molecule has 1 aliphatic heterocycles. The lowest BCUT2D eigenvalue weighted by Gasteiger charge is -2.17. The van der Waals surface area contributed by atoms with Crippen molar-refractivity contribution in [2.45, 2.75) is 34.1 Å². The maximum absolute atomic E-state index is 13.0. The predicted octanol–water partition coefficient (Wildman–Crippen LogP) is 3.13. The molecule has 5 amide bonds. The van der Waals surface area contributed by atoms with E-state index in [1.165, 1.54) is 18.2 Å². The molecule has 3 rings (SSSR count). The molecule has 0 atom stereocenters. The Bertz CT molecular complexity index is 1170. The van der Waals surface area contributed by atoms with Gasteiger partial charge in [-0.3, -0.25) is 19.7 Å². The van der Waals surface area contributed by atoms with Crippen molar-refractivity contribution in [3.05, 3.63) is 64.2 Å². The second-order valence-electron chi connectivity index (χ2n) is 8.56. The number of rotatable bonds is 7. The lowest BCUT2D eigenvalue weighted by Crippen LogP contribution is -2.42. The van der Waals surface area contributed by atoms with Gasteiger partial charge in [0.2, 0.25) is 0 Å². The average molecular weight is 466 g/mol. The molecule has 0 aromatic heterocycles. The summed E-state index contributed by atoms with van der Waals surface area (Å²) in [6, 6.07) is 8.82. The minimum Gasteiger partial charge on any atom is -0.452 e. The zero-order valence-electron chi connectivity index (χ0n) is 19.6. The number of aryl methyl sites for hydroxylation is 2. The Labute approximate surface area is 197 Å². The number of amides is 5. The zero-order chi connectivity index (χ0) is 25.0. The van der Waals surface area contributed by atoms with E-state index in [1.807, 2.05) is 32.9 Å². The van der Waals surface area contributed by atoms with E-state index in [4.69, 9.17) is 4.74 Å². The van der Waals surface area contributed by atoms with Crippen molar-refractivity contribution in [1.29, 1.82) is 0 Å². The number of nitrogens with zero attached hydrogens (tertiary/aromatic N) is 1. The third-order valence-electron chi connectivity index (χ3n) is 5.32. The van der Waals surface area contributed by atoms with Gasteiger partial charge >= 0.3 is 12.0 Å². The van der Waals surface area contributed by atoms with Gasteiger partial charge < -0.3 is 10.1 Å². The molecule has 178 valence electrons. The highest BCUT2D eigenvalue weighted by Gasteiger charge is 2.38. The van der Waals surface area contributed by atoms with E-state index >= 15 is 0 Å². The number of benzene rings is 2. The number of ether oxygens (including phenoxy) is 1. The van der Waals surface area contributed by atoms with Gasteiger partial charge in [-0.1, -0.05) is 26.0 Å². The third-order valence-corrected chi connectivity index (χ3v) is 5.32. The number of carbonyl (C=O) groups excluding carboxylic acids is 5. The normalized spacial score (nSPS) is 12.6. The molecule has 0 fully saturated rings. The van der Waals surface area contributed by atoms with Gasteiger partial charge in [-0.05, 0) is 61.6 Å². The van der Waals surface area contributed by atoms with Gasteiger partial charge in [0.1, 0.15) is 0 Å². The Morgan fingerprint density at radius 3 is 2.38 bits per heavy atom. The smallest absolute Gasteiger partial charge is 0.338 e. The van der Waals surface area contributed by atoms with Crippen LogP contribution in [-0.4, -0.2) is 42.9 Å². The Balaban J connectivity index is 1.64. The Morgan fingerprint density at radius 2 is 1.68 bits per heavy atom. The van der Waals surface area contributed by atoms with E-state index in [1.54, 1.807) is 13.0 Å². The summed E-state index contributed by atoms with van der Waals surface area (Å²) >= 11 is 0. The van der Waals surface area contributed by atoms with E-state index in [0.29, 0.717) is 18.2 Å². The molecule has 1 aliphatic rings. The number of esters is 1. The number of nitrogens with one attached hydrogen (secondary N) is 2. The van der Waals surface area contributed by atoms with Gasteiger partial charge in [0.25, 0.3) is 17.7 Å². The molecule has 0 aliphatic carbocycles. The van der Waals surface area contributed by atoms with Crippen LogP contribution in [0.2, 0.25) is 0 Å².